The van der Waals surface area contributed by atoms with Gasteiger partial charge in [0.05, 0.1) is 11.5 Å². The monoisotopic (exact) mass is 349 g/mol. The van der Waals surface area contributed by atoms with Gasteiger partial charge < -0.3 is 17.7 Å². The number of benzene rings is 1. The van der Waals surface area contributed by atoms with Crippen LogP contribution in [-0.2, 0) is 19.4 Å². The summed E-state index contributed by atoms with van der Waals surface area (Å²) in [5.41, 5.74) is 0. The van der Waals surface area contributed by atoms with E-state index in [0.717, 1.165) is 12.2 Å². The Kier molecular flexibility index (Phi) is 6.87. The molecule has 0 aliphatic heterocycles. The van der Waals surface area contributed by atoms with E-state index < -0.39 is 34.4 Å². The normalized spacial score (nSPS) is 13.9. The molecular weight excluding hydrogens is 332 g/mol. The number of ether oxygens (including phenoxy) is 1. The topological polar surface area (TPSA) is 60.4 Å². The Morgan fingerprint density at radius 1 is 1.22 bits per heavy atom. The first-order valence-corrected chi connectivity index (χ1v) is 8.54. The number of carbonyl (C=O) groups is 1. The lowest BCUT2D eigenvalue weighted by Crippen LogP contribution is -2.32. The van der Waals surface area contributed by atoms with Crippen LogP contribution in [0.1, 0.15) is 13.3 Å². The van der Waals surface area contributed by atoms with E-state index in [-0.39, 0.29) is 17.9 Å². The van der Waals surface area contributed by atoms with Gasteiger partial charge >= 0.3 is 12.9 Å². The molecule has 0 fully saturated rings. The molecule has 0 spiro atoms. The maximum absolute atomic E-state index is 12.5. The van der Waals surface area contributed by atoms with Crippen molar-refractivity contribution in [3.63, 3.8) is 0 Å². The summed E-state index contributed by atoms with van der Waals surface area (Å²) in [7, 11) is -4.04. The van der Waals surface area contributed by atoms with Crippen LogP contribution in [0.25, 0.3) is 0 Å². The van der Waals surface area contributed by atoms with Gasteiger partial charge in [0.25, 0.3) is 0 Å². The Morgan fingerprint density at radius 2 is 1.83 bits per heavy atom. The average molecular weight is 349 g/mol. The van der Waals surface area contributed by atoms with Crippen molar-refractivity contribution in [2.75, 3.05) is 6.61 Å². The molecule has 128 valence electrons. The summed E-state index contributed by atoms with van der Waals surface area (Å²) < 4.78 is 66.2. The highest BCUT2D eigenvalue weighted by atomic mass is 32.2. The average Bonchev–Trinajstić information content (AvgIpc) is 2.46. The third kappa shape index (κ3) is 6.09. The lowest BCUT2D eigenvalue weighted by molar-refractivity contribution is -0.142. The summed E-state index contributed by atoms with van der Waals surface area (Å²) in [6, 6.07) is 7.26. The lowest BCUT2D eigenvalue weighted by atomic mass is 9.86. The first kappa shape index (κ1) is 19.3. The van der Waals surface area contributed by atoms with E-state index in [1.54, 1.807) is 6.07 Å². The molecule has 0 bridgehead atoms. The van der Waals surface area contributed by atoms with E-state index in [4.69, 9.17) is 4.74 Å². The minimum Gasteiger partial charge on any atom is -0.465 e. The molecule has 0 saturated heterocycles. The molecule has 0 N–H and O–H groups in total. The van der Waals surface area contributed by atoms with Crippen LogP contribution >= 0.6 is 0 Å². The van der Waals surface area contributed by atoms with Crippen molar-refractivity contribution >= 4 is 22.8 Å². The molecule has 1 aromatic rings. The molecule has 0 aliphatic rings. The SMILES string of the molecule is CCOC(=O)C(C/C=C/C[B-](F)(F)F)S(=O)(=O)c1ccccc1. The number of hydrogen-bond donors (Lipinski definition) is 0. The number of rotatable bonds is 8. The van der Waals surface area contributed by atoms with Crippen molar-refractivity contribution in [1.29, 1.82) is 0 Å². The molecule has 0 aromatic heterocycles. The molecule has 1 aromatic carbocycles. The minimum absolute atomic E-state index is 0.0188. The third-order valence-electron chi connectivity index (χ3n) is 2.92. The van der Waals surface area contributed by atoms with E-state index in [1.165, 1.54) is 31.2 Å². The summed E-state index contributed by atoms with van der Waals surface area (Å²) >= 11 is 0. The van der Waals surface area contributed by atoms with E-state index in [9.17, 15) is 26.2 Å². The van der Waals surface area contributed by atoms with Crippen molar-refractivity contribution in [3.05, 3.63) is 42.5 Å². The van der Waals surface area contributed by atoms with Crippen LogP contribution in [0.5, 0.6) is 0 Å². The molecule has 1 unspecified atom stereocenters. The van der Waals surface area contributed by atoms with Crippen molar-refractivity contribution in [3.8, 4) is 0 Å². The van der Waals surface area contributed by atoms with Crippen molar-refractivity contribution in [1.82, 2.24) is 0 Å². The zero-order valence-electron chi connectivity index (χ0n) is 12.5. The molecule has 1 atom stereocenters. The fourth-order valence-electron chi connectivity index (χ4n) is 1.83. The largest absolute Gasteiger partial charge is 0.482 e. The van der Waals surface area contributed by atoms with E-state index in [0.29, 0.717) is 0 Å². The predicted molar refractivity (Wildman–Crippen MR) is 81.7 cm³/mol. The quantitative estimate of drug-likeness (QED) is 0.411. The van der Waals surface area contributed by atoms with Gasteiger partial charge in [-0.3, -0.25) is 4.79 Å². The smallest absolute Gasteiger partial charge is 0.465 e. The van der Waals surface area contributed by atoms with E-state index in [1.807, 2.05) is 0 Å². The van der Waals surface area contributed by atoms with Gasteiger partial charge in [-0.2, -0.15) is 0 Å². The van der Waals surface area contributed by atoms with Gasteiger partial charge in [0.2, 0.25) is 0 Å². The lowest BCUT2D eigenvalue weighted by Gasteiger charge is -2.15. The van der Waals surface area contributed by atoms with E-state index in [2.05, 4.69) is 0 Å². The Hall–Kier alpha value is -1.77. The molecular formula is C14H17BF3O4S-. The number of esters is 1. The van der Waals surface area contributed by atoms with Gasteiger partial charge in [0.15, 0.2) is 15.1 Å². The second kappa shape index (κ2) is 8.19. The highest BCUT2D eigenvalue weighted by Gasteiger charge is 2.34. The Balaban J connectivity index is 2.99. The standard InChI is InChI=1S/C14H17BF3O4S/c1-2-22-14(19)13(10-6-7-11-15(16,17)18)23(20,21)12-8-4-3-5-9-12/h3-9,13H,2,10-11H2,1H3/q-1/b7-6+. The van der Waals surface area contributed by atoms with Gasteiger partial charge in [-0.1, -0.05) is 30.6 Å². The molecule has 0 radical (unpaired) electrons. The van der Waals surface area contributed by atoms with Gasteiger partial charge in [0, 0.05) is 0 Å². The van der Waals surface area contributed by atoms with Crippen LogP contribution in [0.4, 0.5) is 12.9 Å². The molecule has 9 heteroatoms. The predicted octanol–water partition coefficient (Wildman–Crippen LogP) is 3.19. The highest BCUT2D eigenvalue weighted by molar-refractivity contribution is 7.92. The fraction of sp³-hybridized carbons (Fsp3) is 0.357. The second-order valence-corrected chi connectivity index (χ2v) is 6.88. The van der Waals surface area contributed by atoms with Crippen LogP contribution in [0.3, 0.4) is 0 Å². The van der Waals surface area contributed by atoms with Crippen molar-refractivity contribution < 1.29 is 30.9 Å². The van der Waals surface area contributed by atoms with Crippen LogP contribution in [0.15, 0.2) is 47.4 Å². The fourth-order valence-corrected chi connectivity index (χ4v) is 3.38. The first-order chi connectivity index (χ1) is 10.7. The van der Waals surface area contributed by atoms with Gasteiger partial charge in [0.1, 0.15) is 0 Å². The number of hydrogen-bond acceptors (Lipinski definition) is 4. The van der Waals surface area contributed by atoms with Crippen LogP contribution in [-0.4, -0.2) is 33.2 Å². The summed E-state index contributed by atoms with van der Waals surface area (Å²) in [4.78, 5) is 11.8. The van der Waals surface area contributed by atoms with Gasteiger partial charge in [-0.25, -0.2) is 8.42 Å². The maximum Gasteiger partial charge on any atom is 0.482 e. The number of carbonyl (C=O) groups excluding carboxylic acids is 1. The number of halogens is 3. The minimum atomic E-state index is -4.99. The van der Waals surface area contributed by atoms with Crippen LogP contribution < -0.4 is 0 Å². The molecule has 23 heavy (non-hydrogen) atoms. The zero-order chi connectivity index (χ0) is 17.5. The number of allylic oxidation sites excluding steroid dienone is 2. The molecule has 0 saturated carbocycles. The maximum atomic E-state index is 12.5. The summed E-state index contributed by atoms with van der Waals surface area (Å²) in [5.74, 6) is -0.974. The molecule has 0 heterocycles. The molecule has 0 aliphatic carbocycles. The summed E-state index contributed by atoms with van der Waals surface area (Å²) in [6.45, 7) is -3.49. The Bertz CT molecular complexity index is 642. The molecule has 1 rings (SSSR count). The van der Waals surface area contributed by atoms with Gasteiger partial charge in [-0.15, -0.1) is 6.08 Å². The van der Waals surface area contributed by atoms with Crippen LogP contribution in [0, 0.1) is 0 Å². The summed E-state index contributed by atoms with van der Waals surface area (Å²) in [5, 5.41) is -1.57. The van der Waals surface area contributed by atoms with Crippen molar-refractivity contribution in [2.24, 2.45) is 0 Å². The highest BCUT2D eigenvalue weighted by Crippen LogP contribution is 2.21. The number of sulfone groups is 1. The first-order valence-electron chi connectivity index (χ1n) is 7.00. The summed E-state index contributed by atoms with van der Waals surface area (Å²) in [6.07, 6.45) is 0.382. The second-order valence-electron chi connectivity index (χ2n) is 4.75. The van der Waals surface area contributed by atoms with Crippen LogP contribution in [0.2, 0.25) is 6.32 Å². The Morgan fingerprint density at radius 3 is 2.35 bits per heavy atom. The Labute approximate surface area is 133 Å². The van der Waals surface area contributed by atoms with Crippen molar-refractivity contribution in [2.45, 2.75) is 29.8 Å². The molecule has 4 nitrogen and oxygen atoms in total. The molecule has 0 amide bonds. The van der Waals surface area contributed by atoms with Gasteiger partial charge in [-0.05, 0) is 25.5 Å². The van der Waals surface area contributed by atoms with E-state index >= 15 is 0 Å². The zero-order valence-corrected chi connectivity index (χ0v) is 13.3. The third-order valence-corrected chi connectivity index (χ3v) is 4.98.